The average molecular weight is 248 g/mol. The summed E-state index contributed by atoms with van der Waals surface area (Å²) in [5.41, 5.74) is 6.63. The topological polar surface area (TPSA) is 72.6 Å². The number of rotatable bonds is 2. The Labute approximate surface area is 106 Å². The minimum Gasteiger partial charge on any atom is -0.497 e. The number of benzene rings is 1. The number of methoxy groups -OCH3 is 1. The lowest BCUT2D eigenvalue weighted by molar-refractivity contribution is -0.122. The number of carbonyl (C=O) groups is 2. The predicted octanol–water partition coefficient (Wildman–Crippen LogP) is 1.42. The quantitative estimate of drug-likeness (QED) is 0.634. The van der Waals surface area contributed by atoms with Crippen LogP contribution in [0.4, 0.5) is 11.4 Å². The maximum Gasteiger partial charge on any atom is 0.237 e. The number of hydrogen-bond acceptors (Lipinski definition) is 4. The Balaban J connectivity index is 2.49. The van der Waals surface area contributed by atoms with Crippen LogP contribution in [-0.4, -0.2) is 18.9 Å². The number of imide groups is 1. The number of nitrogen functional groups attached to an aromatic ring is 1. The van der Waals surface area contributed by atoms with E-state index in [1.807, 2.05) is 0 Å². The van der Waals surface area contributed by atoms with Crippen molar-refractivity contribution in [2.75, 3.05) is 17.7 Å². The Morgan fingerprint density at radius 1 is 1.17 bits per heavy atom. The van der Waals surface area contributed by atoms with Crippen molar-refractivity contribution in [1.82, 2.24) is 0 Å². The second-order valence-corrected chi connectivity index (χ2v) is 4.51. The van der Waals surface area contributed by atoms with Crippen LogP contribution in [0, 0.1) is 11.8 Å². The third-order valence-electron chi connectivity index (χ3n) is 3.45. The van der Waals surface area contributed by atoms with Crippen LogP contribution < -0.4 is 15.4 Å². The molecule has 0 bridgehead atoms. The number of nitrogens with zero attached hydrogens (tertiary/aromatic N) is 1. The molecule has 1 aromatic rings. The number of anilines is 2. The van der Waals surface area contributed by atoms with Gasteiger partial charge in [-0.05, 0) is 12.1 Å². The van der Waals surface area contributed by atoms with Gasteiger partial charge in [-0.1, -0.05) is 13.8 Å². The van der Waals surface area contributed by atoms with E-state index in [1.165, 1.54) is 7.11 Å². The van der Waals surface area contributed by atoms with Crippen LogP contribution in [0.15, 0.2) is 18.2 Å². The van der Waals surface area contributed by atoms with Gasteiger partial charge in [-0.15, -0.1) is 0 Å². The number of carbonyl (C=O) groups excluding carboxylic acids is 2. The smallest absolute Gasteiger partial charge is 0.237 e. The molecule has 0 saturated carbocycles. The van der Waals surface area contributed by atoms with Gasteiger partial charge in [0, 0.05) is 17.9 Å². The summed E-state index contributed by atoms with van der Waals surface area (Å²) in [6, 6.07) is 4.93. The Bertz CT molecular complexity index is 493. The monoisotopic (exact) mass is 248 g/mol. The molecular weight excluding hydrogens is 232 g/mol. The van der Waals surface area contributed by atoms with Crippen LogP contribution in [0.25, 0.3) is 0 Å². The molecule has 0 aromatic heterocycles. The van der Waals surface area contributed by atoms with Crippen molar-refractivity contribution in [3.05, 3.63) is 18.2 Å². The van der Waals surface area contributed by atoms with Crippen molar-refractivity contribution in [1.29, 1.82) is 0 Å². The van der Waals surface area contributed by atoms with E-state index in [0.717, 1.165) is 4.90 Å². The summed E-state index contributed by atoms with van der Waals surface area (Å²) >= 11 is 0. The molecule has 1 aliphatic rings. The third-order valence-corrected chi connectivity index (χ3v) is 3.45. The van der Waals surface area contributed by atoms with E-state index < -0.39 is 0 Å². The maximum absolute atomic E-state index is 12.1. The molecule has 0 spiro atoms. The molecule has 1 aliphatic heterocycles. The largest absolute Gasteiger partial charge is 0.497 e. The molecule has 1 aromatic carbocycles. The highest BCUT2D eigenvalue weighted by Crippen LogP contribution is 2.35. The lowest BCUT2D eigenvalue weighted by Crippen LogP contribution is -2.31. The van der Waals surface area contributed by atoms with E-state index in [2.05, 4.69) is 0 Å². The highest BCUT2D eigenvalue weighted by Gasteiger charge is 2.43. The van der Waals surface area contributed by atoms with Crippen molar-refractivity contribution in [2.45, 2.75) is 13.8 Å². The molecule has 2 N–H and O–H groups in total. The first-order valence-corrected chi connectivity index (χ1v) is 5.78. The summed E-state index contributed by atoms with van der Waals surface area (Å²) in [7, 11) is 1.52. The molecule has 5 heteroatoms. The molecule has 2 amide bonds. The lowest BCUT2D eigenvalue weighted by Gasteiger charge is -2.17. The second kappa shape index (κ2) is 4.33. The van der Waals surface area contributed by atoms with E-state index in [0.29, 0.717) is 17.1 Å². The van der Waals surface area contributed by atoms with Gasteiger partial charge in [0.25, 0.3) is 0 Å². The highest BCUT2D eigenvalue weighted by atomic mass is 16.5. The molecule has 5 nitrogen and oxygen atoms in total. The predicted molar refractivity (Wildman–Crippen MR) is 68.2 cm³/mol. The summed E-state index contributed by atoms with van der Waals surface area (Å²) in [5, 5.41) is 0. The first-order chi connectivity index (χ1) is 8.47. The molecule has 96 valence electrons. The van der Waals surface area contributed by atoms with E-state index in [4.69, 9.17) is 10.5 Å². The van der Waals surface area contributed by atoms with Crippen LogP contribution >= 0.6 is 0 Å². The number of hydrogen-bond donors (Lipinski definition) is 1. The van der Waals surface area contributed by atoms with Crippen molar-refractivity contribution in [3.63, 3.8) is 0 Å². The molecule has 0 aliphatic carbocycles. The van der Waals surface area contributed by atoms with Gasteiger partial charge >= 0.3 is 0 Å². The molecule has 1 fully saturated rings. The van der Waals surface area contributed by atoms with Crippen LogP contribution in [0.2, 0.25) is 0 Å². The summed E-state index contributed by atoms with van der Waals surface area (Å²) in [4.78, 5) is 25.3. The first kappa shape index (κ1) is 12.4. The fourth-order valence-corrected chi connectivity index (χ4v) is 2.03. The van der Waals surface area contributed by atoms with Gasteiger partial charge in [-0.25, -0.2) is 4.90 Å². The molecule has 2 atom stereocenters. The standard InChI is InChI=1S/C13H16N2O3/c1-7-8(2)13(17)15(12(7)16)11-6-9(18-3)4-5-10(11)14/h4-8H,14H2,1-3H3. The zero-order valence-corrected chi connectivity index (χ0v) is 10.6. The van der Waals surface area contributed by atoms with Crippen LogP contribution in [0.1, 0.15) is 13.8 Å². The Morgan fingerprint density at radius 3 is 2.22 bits per heavy atom. The SMILES string of the molecule is COc1ccc(N)c(N2C(=O)C(C)C(C)C2=O)c1. The van der Waals surface area contributed by atoms with Crippen molar-refractivity contribution < 1.29 is 14.3 Å². The third kappa shape index (κ3) is 1.72. The van der Waals surface area contributed by atoms with Crippen LogP contribution in [0.3, 0.4) is 0 Å². The van der Waals surface area contributed by atoms with Gasteiger partial charge in [0.05, 0.1) is 18.5 Å². The number of ether oxygens (including phenoxy) is 1. The molecule has 18 heavy (non-hydrogen) atoms. The summed E-state index contributed by atoms with van der Waals surface area (Å²) in [6.45, 7) is 3.50. The summed E-state index contributed by atoms with van der Waals surface area (Å²) in [6.07, 6.45) is 0. The average Bonchev–Trinajstić information content (AvgIpc) is 2.55. The van der Waals surface area contributed by atoms with E-state index >= 15 is 0 Å². The van der Waals surface area contributed by atoms with Gasteiger partial charge in [-0.3, -0.25) is 9.59 Å². The minimum absolute atomic E-state index is 0.215. The van der Waals surface area contributed by atoms with Gasteiger partial charge in [0.2, 0.25) is 11.8 Å². The second-order valence-electron chi connectivity index (χ2n) is 4.51. The molecular formula is C13H16N2O3. The molecule has 1 heterocycles. The highest BCUT2D eigenvalue weighted by molar-refractivity contribution is 6.23. The van der Waals surface area contributed by atoms with Gasteiger partial charge in [0.1, 0.15) is 5.75 Å². The first-order valence-electron chi connectivity index (χ1n) is 5.78. The molecule has 0 radical (unpaired) electrons. The normalized spacial score (nSPS) is 23.6. The van der Waals surface area contributed by atoms with Gasteiger partial charge in [-0.2, -0.15) is 0 Å². The summed E-state index contributed by atoms with van der Waals surface area (Å²) < 4.78 is 5.09. The number of amides is 2. The number of nitrogens with two attached hydrogens (primary N) is 1. The Kier molecular flexibility index (Phi) is 2.98. The fourth-order valence-electron chi connectivity index (χ4n) is 2.03. The maximum atomic E-state index is 12.1. The van der Waals surface area contributed by atoms with Crippen molar-refractivity contribution in [2.24, 2.45) is 11.8 Å². The van der Waals surface area contributed by atoms with E-state index in [9.17, 15) is 9.59 Å². The molecule has 1 saturated heterocycles. The minimum atomic E-state index is -0.317. The zero-order valence-electron chi connectivity index (χ0n) is 10.6. The van der Waals surface area contributed by atoms with Gasteiger partial charge in [0.15, 0.2) is 0 Å². The van der Waals surface area contributed by atoms with Gasteiger partial charge < -0.3 is 10.5 Å². The fraction of sp³-hybridized carbons (Fsp3) is 0.385. The zero-order chi connectivity index (χ0) is 13.4. The molecule has 2 rings (SSSR count). The molecule has 2 unspecified atom stereocenters. The lowest BCUT2D eigenvalue weighted by atomic mass is 10.00. The van der Waals surface area contributed by atoms with Crippen LogP contribution in [0.5, 0.6) is 5.75 Å². The van der Waals surface area contributed by atoms with E-state index in [-0.39, 0.29) is 23.7 Å². The van der Waals surface area contributed by atoms with E-state index in [1.54, 1.807) is 32.0 Å². The summed E-state index contributed by atoms with van der Waals surface area (Å²) in [5.74, 6) is -0.502. The Hall–Kier alpha value is -2.04. The Morgan fingerprint density at radius 2 is 1.72 bits per heavy atom. The van der Waals surface area contributed by atoms with Crippen molar-refractivity contribution >= 4 is 23.2 Å². The van der Waals surface area contributed by atoms with Crippen LogP contribution in [-0.2, 0) is 9.59 Å². The van der Waals surface area contributed by atoms with Crippen molar-refractivity contribution in [3.8, 4) is 5.75 Å².